The first kappa shape index (κ1) is 15.8. The number of anilines is 1. The highest BCUT2D eigenvalue weighted by Gasteiger charge is 2.23. The van der Waals surface area contributed by atoms with Gasteiger partial charge in [0.2, 0.25) is 0 Å². The highest BCUT2D eigenvalue weighted by atomic mass is 35.5. The number of quaternary nitrogens is 1. The largest absolute Gasteiger partial charge is 0.360 e. The van der Waals surface area contributed by atoms with E-state index in [0.29, 0.717) is 17.1 Å². The number of nitro groups is 1. The zero-order valence-electron chi connectivity index (χ0n) is 12.7. The average molecular weight is 333 g/mol. The van der Waals surface area contributed by atoms with Gasteiger partial charge in [-0.25, -0.2) is 0 Å². The van der Waals surface area contributed by atoms with Crippen LogP contribution in [0.3, 0.4) is 0 Å². The average Bonchev–Trinajstić information content (AvgIpc) is 2.56. The van der Waals surface area contributed by atoms with Gasteiger partial charge in [-0.2, -0.15) is 0 Å². The normalized spacial score (nSPS) is 15.6. The quantitative estimate of drug-likeness (QED) is 0.689. The van der Waals surface area contributed by atoms with E-state index >= 15 is 0 Å². The molecule has 0 spiro atoms. The van der Waals surface area contributed by atoms with Gasteiger partial charge in [0.15, 0.2) is 0 Å². The van der Waals surface area contributed by atoms with Crippen LogP contribution in [-0.2, 0) is 6.54 Å². The zero-order chi connectivity index (χ0) is 16.2. The lowest BCUT2D eigenvalue weighted by Crippen LogP contribution is -3.13. The standard InChI is InChI=1S/C17H18ClN3O2/c18-15-6-7-17(21(22)23)14(12-15)13-19-8-10-20(11-9-19)16-4-2-1-3-5-16/h1-7,12H,8-11,13H2/p+1. The van der Waals surface area contributed by atoms with E-state index in [9.17, 15) is 10.1 Å². The van der Waals surface area contributed by atoms with E-state index in [1.807, 2.05) is 18.2 Å². The second-order valence-electron chi connectivity index (χ2n) is 5.78. The van der Waals surface area contributed by atoms with Gasteiger partial charge in [-0.05, 0) is 24.3 Å². The van der Waals surface area contributed by atoms with Crippen molar-refractivity contribution in [1.82, 2.24) is 0 Å². The predicted molar refractivity (Wildman–Crippen MR) is 91.2 cm³/mol. The molecule has 2 aromatic rings. The number of para-hydroxylation sites is 1. The fourth-order valence-electron chi connectivity index (χ4n) is 3.04. The van der Waals surface area contributed by atoms with Crippen LogP contribution in [0.2, 0.25) is 5.02 Å². The van der Waals surface area contributed by atoms with Crippen molar-refractivity contribution in [2.24, 2.45) is 0 Å². The minimum atomic E-state index is -0.328. The zero-order valence-corrected chi connectivity index (χ0v) is 13.5. The molecule has 1 aliphatic rings. The number of benzene rings is 2. The van der Waals surface area contributed by atoms with Gasteiger partial charge in [-0.3, -0.25) is 10.1 Å². The number of nitrogens with one attached hydrogen (secondary N) is 1. The summed E-state index contributed by atoms with van der Waals surface area (Å²) >= 11 is 6.00. The van der Waals surface area contributed by atoms with Gasteiger partial charge in [0.25, 0.3) is 5.69 Å². The van der Waals surface area contributed by atoms with Crippen molar-refractivity contribution < 1.29 is 9.82 Å². The summed E-state index contributed by atoms with van der Waals surface area (Å²) < 4.78 is 0. The van der Waals surface area contributed by atoms with Crippen LogP contribution in [0, 0.1) is 10.1 Å². The summed E-state index contributed by atoms with van der Waals surface area (Å²) in [5.74, 6) is 0. The highest BCUT2D eigenvalue weighted by Crippen LogP contribution is 2.22. The van der Waals surface area contributed by atoms with Gasteiger partial charge in [-0.1, -0.05) is 29.8 Å². The maximum Gasteiger partial charge on any atom is 0.278 e. The fourth-order valence-corrected chi connectivity index (χ4v) is 3.23. The van der Waals surface area contributed by atoms with Crippen molar-refractivity contribution >= 4 is 23.0 Å². The number of rotatable bonds is 4. The lowest BCUT2D eigenvalue weighted by atomic mass is 10.1. The molecule has 3 rings (SSSR count). The Balaban J connectivity index is 1.65. The van der Waals surface area contributed by atoms with Gasteiger partial charge in [0.1, 0.15) is 6.54 Å². The maximum absolute atomic E-state index is 11.2. The molecule has 0 bridgehead atoms. The summed E-state index contributed by atoms with van der Waals surface area (Å²) in [4.78, 5) is 14.5. The Hall–Kier alpha value is -2.11. The molecule has 0 atom stereocenters. The molecule has 6 heteroatoms. The second kappa shape index (κ2) is 6.98. The molecule has 2 aromatic carbocycles. The lowest BCUT2D eigenvalue weighted by molar-refractivity contribution is -0.914. The molecule has 120 valence electrons. The number of nitrogens with zero attached hydrogens (tertiary/aromatic N) is 2. The number of hydrogen-bond donors (Lipinski definition) is 1. The van der Waals surface area contributed by atoms with E-state index in [4.69, 9.17) is 11.6 Å². The second-order valence-corrected chi connectivity index (χ2v) is 6.22. The molecule has 0 radical (unpaired) electrons. The summed E-state index contributed by atoms with van der Waals surface area (Å²) in [7, 11) is 0. The van der Waals surface area contributed by atoms with Crippen LogP contribution in [-0.4, -0.2) is 31.1 Å². The van der Waals surface area contributed by atoms with Crippen LogP contribution in [0.4, 0.5) is 11.4 Å². The predicted octanol–water partition coefficient (Wildman–Crippen LogP) is 2.15. The van der Waals surface area contributed by atoms with E-state index in [1.54, 1.807) is 12.1 Å². The van der Waals surface area contributed by atoms with E-state index in [-0.39, 0.29) is 10.6 Å². The van der Waals surface area contributed by atoms with Crippen molar-refractivity contribution in [2.75, 3.05) is 31.1 Å². The van der Waals surface area contributed by atoms with E-state index < -0.39 is 0 Å². The van der Waals surface area contributed by atoms with Gasteiger partial charge >= 0.3 is 0 Å². The summed E-state index contributed by atoms with van der Waals surface area (Å²) in [5, 5.41) is 11.7. The van der Waals surface area contributed by atoms with Crippen LogP contribution < -0.4 is 9.80 Å². The summed E-state index contributed by atoms with van der Waals surface area (Å²) in [5.41, 5.74) is 2.11. The Morgan fingerprint density at radius 3 is 2.48 bits per heavy atom. The smallest absolute Gasteiger partial charge is 0.278 e. The minimum Gasteiger partial charge on any atom is -0.360 e. The van der Waals surface area contributed by atoms with E-state index in [2.05, 4.69) is 17.0 Å². The first-order valence-electron chi connectivity index (χ1n) is 7.70. The van der Waals surface area contributed by atoms with E-state index in [0.717, 1.165) is 26.2 Å². The topological polar surface area (TPSA) is 50.8 Å². The summed E-state index contributed by atoms with van der Waals surface area (Å²) in [6.45, 7) is 4.46. The summed E-state index contributed by atoms with van der Waals surface area (Å²) in [6.07, 6.45) is 0. The van der Waals surface area contributed by atoms with Gasteiger partial charge in [0, 0.05) is 16.8 Å². The maximum atomic E-state index is 11.2. The first-order chi connectivity index (χ1) is 11.1. The Morgan fingerprint density at radius 2 is 1.83 bits per heavy atom. The molecule has 0 saturated carbocycles. The number of halogens is 1. The van der Waals surface area contributed by atoms with Crippen molar-refractivity contribution in [3.8, 4) is 0 Å². The van der Waals surface area contributed by atoms with Crippen LogP contribution in [0.5, 0.6) is 0 Å². The molecule has 1 saturated heterocycles. The van der Waals surface area contributed by atoms with Gasteiger partial charge in [-0.15, -0.1) is 0 Å². The Bertz CT molecular complexity index is 685. The van der Waals surface area contributed by atoms with E-state index in [1.165, 1.54) is 16.7 Å². The lowest BCUT2D eigenvalue weighted by Gasteiger charge is -2.33. The number of piperazine rings is 1. The summed E-state index contributed by atoms with van der Waals surface area (Å²) in [6, 6.07) is 15.1. The molecule has 1 aliphatic heterocycles. The molecule has 0 aliphatic carbocycles. The van der Waals surface area contributed by atoms with Crippen molar-refractivity contribution in [3.05, 3.63) is 69.2 Å². The monoisotopic (exact) mass is 332 g/mol. The van der Waals surface area contributed by atoms with Crippen LogP contribution in [0.25, 0.3) is 0 Å². The molecule has 1 fully saturated rings. The Kier molecular flexibility index (Phi) is 4.79. The van der Waals surface area contributed by atoms with Gasteiger partial charge in [0.05, 0.1) is 36.7 Å². The number of nitro benzene ring substituents is 1. The molecule has 0 unspecified atom stereocenters. The SMILES string of the molecule is O=[N+]([O-])c1ccc(Cl)cc1C[NH+]1CCN(c2ccccc2)CC1. The fraction of sp³-hybridized carbons (Fsp3) is 0.294. The minimum absolute atomic E-state index is 0.160. The van der Waals surface area contributed by atoms with Gasteiger partial charge < -0.3 is 9.80 Å². The molecular weight excluding hydrogens is 314 g/mol. The van der Waals surface area contributed by atoms with Crippen LogP contribution >= 0.6 is 11.6 Å². The Morgan fingerprint density at radius 1 is 1.13 bits per heavy atom. The Labute approximate surface area is 140 Å². The molecule has 0 aromatic heterocycles. The van der Waals surface area contributed by atoms with Crippen LogP contribution in [0.15, 0.2) is 48.5 Å². The molecule has 5 nitrogen and oxygen atoms in total. The molecular formula is C17H19ClN3O2+. The highest BCUT2D eigenvalue weighted by molar-refractivity contribution is 6.30. The van der Waals surface area contributed by atoms with Crippen molar-refractivity contribution in [2.45, 2.75) is 6.54 Å². The molecule has 23 heavy (non-hydrogen) atoms. The molecule has 0 amide bonds. The first-order valence-corrected chi connectivity index (χ1v) is 8.07. The van der Waals surface area contributed by atoms with Crippen LogP contribution in [0.1, 0.15) is 5.56 Å². The van der Waals surface area contributed by atoms with Crippen molar-refractivity contribution in [3.63, 3.8) is 0 Å². The molecule has 1 N–H and O–H groups in total. The third-order valence-electron chi connectivity index (χ3n) is 4.27. The third-order valence-corrected chi connectivity index (χ3v) is 4.51. The molecule has 1 heterocycles. The van der Waals surface area contributed by atoms with Crippen molar-refractivity contribution in [1.29, 1.82) is 0 Å². The third kappa shape index (κ3) is 3.81. The number of hydrogen-bond acceptors (Lipinski definition) is 3.